The Labute approximate surface area is 118 Å². The van der Waals surface area contributed by atoms with Crippen molar-refractivity contribution in [3.8, 4) is 0 Å². The molecule has 2 heterocycles. The molecule has 2 rings (SSSR count). The summed E-state index contributed by atoms with van der Waals surface area (Å²) in [6, 6.07) is 1.73. The largest absolute Gasteiger partial charge is 0.461 e. The number of hydrogen-bond acceptors (Lipinski definition) is 4. The lowest BCUT2D eigenvalue weighted by molar-refractivity contribution is -0.127. The zero-order valence-electron chi connectivity index (χ0n) is 12.3. The number of carbonyl (C=O) groups excluding carboxylic acids is 2. The van der Waals surface area contributed by atoms with Gasteiger partial charge in [0, 0.05) is 32.0 Å². The van der Waals surface area contributed by atoms with Gasteiger partial charge in [-0.3, -0.25) is 9.48 Å². The summed E-state index contributed by atoms with van der Waals surface area (Å²) in [4.78, 5) is 25.4. The zero-order chi connectivity index (χ0) is 14.7. The van der Waals surface area contributed by atoms with Crippen LogP contribution in [0.1, 0.15) is 36.5 Å². The summed E-state index contributed by atoms with van der Waals surface area (Å²) in [5.74, 6) is -0.122. The highest BCUT2D eigenvalue weighted by atomic mass is 16.5. The van der Waals surface area contributed by atoms with Gasteiger partial charge in [0.1, 0.15) is 5.69 Å². The first-order valence-corrected chi connectivity index (χ1v) is 7.04. The highest BCUT2D eigenvalue weighted by Gasteiger charge is 2.29. The van der Waals surface area contributed by atoms with E-state index in [4.69, 9.17) is 4.74 Å². The second kappa shape index (κ2) is 6.07. The molecular formula is C14H21N3O3. The van der Waals surface area contributed by atoms with Gasteiger partial charge in [-0.1, -0.05) is 0 Å². The fourth-order valence-electron chi connectivity index (χ4n) is 2.49. The molecule has 0 aromatic carbocycles. The van der Waals surface area contributed by atoms with Crippen molar-refractivity contribution in [2.45, 2.75) is 33.7 Å². The number of esters is 1. The van der Waals surface area contributed by atoms with Crippen molar-refractivity contribution in [2.75, 3.05) is 19.7 Å². The Morgan fingerprint density at radius 2 is 2.20 bits per heavy atom. The van der Waals surface area contributed by atoms with E-state index >= 15 is 0 Å². The molecule has 20 heavy (non-hydrogen) atoms. The minimum Gasteiger partial charge on any atom is -0.461 e. The third-order valence-electron chi connectivity index (χ3n) is 3.54. The summed E-state index contributed by atoms with van der Waals surface area (Å²) in [6.45, 7) is 8.03. The van der Waals surface area contributed by atoms with Crippen LogP contribution in [0.25, 0.3) is 0 Å². The van der Waals surface area contributed by atoms with E-state index in [1.807, 2.05) is 20.8 Å². The lowest BCUT2D eigenvalue weighted by Crippen LogP contribution is -2.25. The minimum atomic E-state index is -0.366. The maximum absolute atomic E-state index is 12.0. The third-order valence-corrected chi connectivity index (χ3v) is 3.54. The van der Waals surface area contributed by atoms with Gasteiger partial charge in [0.25, 0.3) is 0 Å². The monoisotopic (exact) mass is 279 g/mol. The number of rotatable bonds is 5. The quantitative estimate of drug-likeness (QED) is 0.761. The molecule has 0 saturated carbocycles. The van der Waals surface area contributed by atoms with Gasteiger partial charge < -0.3 is 9.64 Å². The Hall–Kier alpha value is -1.85. The summed E-state index contributed by atoms with van der Waals surface area (Å²) in [7, 11) is 0. The Morgan fingerprint density at radius 1 is 1.45 bits per heavy atom. The second-order valence-electron chi connectivity index (χ2n) is 5.09. The summed E-state index contributed by atoms with van der Waals surface area (Å²) in [5, 5.41) is 4.22. The van der Waals surface area contributed by atoms with Crippen LogP contribution in [0.15, 0.2) is 6.07 Å². The van der Waals surface area contributed by atoms with Gasteiger partial charge in [-0.05, 0) is 26.8 Å². The molecule has 1 aliphatic rings. The lowest BCUT2D eigenvalue weighted by atomic mass is 10.1. The number of hydrogen-bond donors (Lipinski definition) is 0. The second-order valence-corrected chi connectivity index (χ2v) is 5.09. The van der Waals surface area contributed by atoms with Crippen molar-refractivity contribution in [3.05, 3.63) is 17.5 Å². The standard InChI is InChI=1S/C14H21N3O3/c1-4-16-8-11(7-13(16)18)9-20-14(19)12-6-10(3)15-17(12)5-2/h6,11H,4-5,7-9H2,1-3H3/t11-/m0/s1. The highest BCUT2D eigenvalue weighted by Crippen LogP contribution is 2.18. The molecule has 0 spiro atoms. The van der Waals surface area contributed by atoms with Crippen molar-refractivity contribution in [3.63, 3.8) is 0 Å². The van der Waals surface area contributed by atoms with Crippen molar-refractivity contribution >= 4 is 11.9 Å². The Balaban J connectivity index is 1.91. The van der Waals surface area contributed by atoms with Crippen molar-refractivity contribution < 1.29 is 14.3 Å². The van der Waals surface area contributed by atoms with Gasteiger partial charge in [0.15, 0.2) is 0 Å². The zero-order valence-corrected chi connectivity index (χ0v) is 12.3. The Morgan fingerprint density at radius 3 is 2.80 bits per heavy atom. The molecular weight excluding hydrogens is 258 g/mol. The fourth-order valence-corrected chi connectivity index (χ4v) is 2.49. The molecule has 0 radical (unpaired) electrons. The fraction of sp³-hybridized carbons (Fsp3) is 0.643. The van der Waals surface area contributed by atoms with E-state index in [-0.39, 0.29) is 24.4 Å². The SMILES string of the molecule is CCN1C[C@@H](COC(=O)c2cc(C)nn2CC)CC1=O. The summed E-state index contributed by atoms with van der Waals surface area (Å²) in [5.41, 5.74) is 1.27. The first-order valence-electron chi connectivity index (χ1n) is 7.04. The van der Waals surface area contributed by atoms with Crippen LogP contribution >= 0.6 is 0 Å². The van der Waals surface area contributed by atoms with Gasteiger partial charge in [-0.25, -0.2) is 4.79 Å². The molecule has 0 bridgehead atoms. The van der Waals surface area contributed by atoms with Crippen molar-refractivity contribution in [1.29, 1.82) is 0 Å². The van der Waals surface area contributed by atoms with Crippen LogP contribution in [0.2, 0.25) is 0 Å². The van der Waals surface area contributed by atoms with Crippen LogP contribution in [0.5, 0.6) is 0 Å². The predicted octanol–water partition coefficient (Wildman–Crippen LogP) is 1.24. The van der Waals surface area contributed by atoms with Crippen LogP contribution < -0.4 is 0 Å². The van der Waals surface area contributed by atoms with E-state index < -0.39 is 0 Å². The number of carbonyl (C=O) groups is 2. The molecule has 1 aromatic heterocycles. The van der Waals surface area contributed by atoms with Crippen LogP contribution in [0.4, 0.5) is 0 Å². The van der Waals surface area contributed by atoms with E-state index in [1.165, 1.54) is 0 Å². The lowest BCUT2D eigenvalue weighted by Gasteiger charge is -2.13. The van der Waals surface area contributed by atoms with E-state index in [1.54, 1.807) is 15.6 Å². The molecule has 1 aromatic rings. The average molecular weight is 279 g/mol. The molecule has 0 N–H and O–H groups in total. The van der Waals surface area contributed by atoms with Gasteiger partial charge in [-0.15, -0.1) is 0 Å². The predicted molar refractivity (Wildman–Crippen MR) is 73.3 cm³/mol. The molecule has 0 unspecified atom stereocenters. The number of nitrogens with zero attached hydrogens (tertiary/aromatic N) is 3. The summed E-state index contributed by atoms with van der Waals surface area (Å²) >= 11 is 0. The number of aromatic nitrogens is 2. The Kier molecular flexibility index (Phi) is 4.42. The number of likely N-dealkylation sites (tertiary alicyclic amines) is 1. The van der Waals surface area contributed by atoms with E-state index in [0.717, 1.165) is 5.69 Å². The first-order chi connectivity index (χ1) is 9.55. The average Bonchev–Trinajstić information content (AvgIpc) is 2.98. The molecule has 1 amide bonds. The molecule has 6 heteroatoms. The molecule has 1 fully saturated rings. The molecule has 1 saturated heterocycles. The first kappa shape index (κ1) is 14.6. The van der Waals surface area contributed by atoms with Gasteiger partial charge >= 0.3 is 5.97 Å². The van der Waals surface area contributed by atoms with Crippen LogP contribution in [0.3, 0.4) is 0 Å². The minimum absolute atomic E-state index is 0.102. The van der Waals surface area contributed by atoms with Crippen molar-refractivity contribution in [2.24, 2.45) is 5.92 Å². The molecule has 1 atom stereocenters. The topological polar surface area (TPSA) is 64.4 Å². The molecule has 1 aliphatic heterocycles. The number of aryl methyl sites for hydroxylation is 2. The molecule has 6 nitrogen and oxygen atoms in total. The smallest absolute Gasteiger partial charge is 0.356 e. The van der Waals surface area contributed by atoms with Gasteiger partial charge in [0.05, 0.1) is 12.3 Å². The summed E-state index contributed by atoms with van der Waals surface area (Å²) in [6.07, 6.45) is 0.465. The number of ether oxygens (including phenoxy) is 1. The van der Waals surface area contributed by atoms with E-state index in [2.05, 4.69) is 5.10 Å². The van der Waals surface area contributed by atoms with Gasteiger partial charge in [0.2, 0.25) is 5.91 Å². The maximum Gasteiger partial charge on any atom is 0.356 e. The maximum atomic E-state index is 12.0. The molecule has 110 valence electrons. The van der Waals surface area contributed by atoms with E-state index in [0.29, 0.717) is 31.7 Å². The van der Waals surface area contributed by atoms with Crippen LogP contribution in [-0.4, -0.2) is 46.3 Å². The van der Waals surface area contributed by atoms with Gasteiger partial charge in [-0.2, -0.15) is 5.10 Å². The van der Waals surface area contributed by atoms with Crippen LogP contribution in [0, 0.1) is 12.8 Å². The third kappa shape index (κ3) is 3.00. The number of amides is 1. The van der Waals surface area contributed by atoms with E-state index in [9.17, 15) is 9.59 Å². The van der Waals surface area contributed by atoms with Crippen molar-refractivity contribution in [1.82, 2.24) is 14.7 Å². The Bertz CT molecular complexity index is 510. The van der Waals surface area contributed by atoms with Crippen LogP contribution in [-0.2, 0) is 16.1 Å². The summed E-state index contributed by atoms with van der Waals surface area (Å²) < 4.78 is 6.97. The normalized spacial score (nSPS) is 18.6. The highest BCUT2D eigenvalue weighted by molar-refractivity contribution is 5.87. The molecule has 0 aliphatic carbocycles.